The molecule has 2 aliphatic heterocycles. The van der Waals surface area contributed by atoms with Gasteiger partial charge in [0, 0.05) is 37.2 Å². The number of amides is 1. The van der Waals surface area contributed by atoms with Crippen molar-refractivity contribution >= 4 is 5.91 Å². The zero-order valence-corrected chi connectivity index (χ0v) is 15.4. The predicted octanol–water partition coefficient (Wildman–Crippen LogP) is 1.69. The fraction of sp³-hybridized carbons (Fsp3) is 0.350. The molecular formula is C20H20N6O2. The van der Waals surface area contributed by atoms with Crippen LogP contribution >= 0.6 is 0 Å². The van der Waals surface area contributed by atoms with Crippen LogP contribution in [-0.4, -0.2) is 55.7 Å². The van der Waals surface area contributed by atoms with Crippen LogP contribution in [0.2, 0.25) is 0 Å². The zero-order chi connectivity index (χ0) is 18.9. The normalized spacial score (nSPS) is 18.1. The molecule has 0 bridgehead atoms. The summed E-state index contributed by atoms with van der Waals surface area (Å²) in [7, 11) is 0. The van der Waals surface area contributed by atoms with Crippen molar-refractivity contribution in [1.82, 2.24) is 30.1 Å². The first-order valence-corrected chi connectivity index (χ1v) is 9.47. The first kappa shape index (κ1) is 16.9. The fourth-order valence-corrected chi connectivity index (χ4v) is 3.95. The summed E-state index contributed by atoms with van der Waals surface area (Å²) in [5.74, 6) is 1.34. The molecule has 4 heterocycles. The average Bonchev–Trinajstić information content (AvgIpc) is 3.48. The molecule has 8 heteroatoms. The topological polar surface area (TPSA) is 86.0 Å². The van der Waals surface area contributed by atoms with E-state index >= 15 is 0 Å². The molecule has 0 radical (unpaired) electrons. The molecule has 8 nitrogen and oxygen atoms in total. The monoisotopic (exact) mass is 376 g/mol. The molecule has 0 aliphatic carbocycles. The Balaban J connectivity index is 1.31. The van der Waals surface area contributed by atoms with Crippen LogP contribution in [0.3, 0.4) is 0 Å². The van der Waals surface area contributed by atoms with Crippen molar-refractivity contribution in [3.8, 4) is 17.0 Å². The number of likely N-dealkylation sites (tertiary alicyclic amines) is 1. The molecule has 28 heavy (non-hydrogen) atoms. The van der Waals surface area contributed by atoms with Crippen LogP contribution in [-0.2, 0) is 17.8 Å². The molecule has 1 fully saturated rings. The molecule has 1 saturated heterocycles. The molecular weight excluding hydrogens is 356 g/mol. The Hall–Kier alpha value is -3.29. The third-order valence-corrected chi connectivity index (χ3v) is 5.47. The number of rotatable bonds is 4. The molecule has 0 N–H and O–H groups in total. The molecule has 3 aromatic rings. The molecule has 5 rings (SSSR count). The number of carbonyl (C=O) groups is 1. The second-order valence-corrected chi connectivity index (χ2v) is 7.23. The van der Waals surface area contributed by atoms with Gasteiger partial charge in [-0.2, -0.15) is 0 Å². The van der Waals surface area contributed by atoms with Gasteiger partial charge in [-0.05, 0) is 58.3 Å². The van der Waals surface area contributed by atoms with Gasteiger partial charge in [0.1, 0.15) is 18.6 Å². The summed E-state index contributed by atoms with van der Waals surface area (Å²) in [5.41, 5.74) is 4.53. The Kier molecular flexibility index (Phi) is 4.23. The standard InChI is InChI=1S/C20H20N6O2/c27-20(12-26-13-22-23-24-26)25-7-4-17(11-25)14-3-6-21-18(10-14)15-1-2-19-16(9-15)5-8-28-19/h1-3,6,9-10,13,17H,4-5,7-8,11-12H2. The van der Waals surface area contributed by atoms with Crippen molar-refractivity contribution in [2.24, 2.45) is 0 Å². The average molecular weight is 376 g/mol. The summed E-state index contributed by atoms with van der Waals surface area (Å²) in [6.45, 7) is 2.39. The van der Waals surface area contributed by atoms with E-state index in [1.165, 1.54) is 22.1 Å². The SMILES string of the molecule is O=C(Cn1cnnn1)N1CCC(c2ccnc(-c3ccc4c(c3)CCO4)c2)C1. The highest BCUT2D eigenvalue weighted by atomic mass is 16.5. The second kappa shape index (κ2) is 7.03. The Morgan fingerprint density at radius 1 is 1.25 bits per heavy atom. The van der Waals surface area contributed by atoms with E-state index in [4.69, 9.17) is 4.74 Å². The first-order chi connectivity index (χ1) is 13.8. The maximum absolute atomic E-state index is 12.5. The Morgan fingerprint density at radius 2 is 2.21 bits per heavy atom. The number of nitrogens with zero attached hydrogens (tertiary/aromatic N) is 6. The minimum absolute atomic E-state index is 0.0442. The molecule has 0 saturated carbocycles. The summed E-state index contributed by atoms with van der Waals surface area (Å²) in [4.78, 5) is 18.9. The molecule has 1 unspecified atom stereocenters. The molecule has 1 amide bonds. The van der Waals surface area contributed by atoms with Gasteiger partial charge in [0.25, 0.3) is 0 Å². The number of tetrazole rings is 1. The minimum atomic E-state index is 0.0442. The van der Waals surface area contributed by atoms with Crippen LogP contribution < -0.4 is 4.74 Å². The van der Waals surface area contributed by atoms with Crippen LogP contribution in [0.5, 0.6) is 5.75 Å². The van der Waals surface area contributed by atoms with Crippen molar-refractivity contribution in [2.75, 3.05) is 19.7 Å². The van der Waals surface area contributed by atoms with E-state index in [2.05, 4.69) is 44.8 Å². The van der Waals surface area contributed by atoms with Gasteiger partial charge >= 0.3 is 0 Å². The van der Waals surface area contributed by atoms with Gasteiger partial charge in [-0.25, -0.2) is 4.68 Å². The fourth-order valence-electron chi connectivity index (χ4n) is 3.95. The van der Waals surface area contributed by atoms with Crippen molar-refractivity contribution in [2.45, 2.75) is 25.3 Å². The molecule has 1 atom stereocenters. The summed E-state index contributed by atoms with van der Waals surface area (Å²) in [5, 5.41) is 10.9. The first-order valence-electron chi connectivity index (χ1n) is 9.47. The third kappa shape index (κ3) is 3.21. The van der Waals surface area contributed by atoms with Crippen molar-refractivity contribution < 1.29 is 9.53 Å². The number of fused-ring (bicyclic) bond motifs is 1. The molecule has 2 aromatic heterocycles. The van der Waals surface area contributed by atoms with Crippen LogP contribution in [0.4, 0.5) is 0 Å². The number of ether oxygens (including phenoxy) is 1. The minimum Gasteiger partial charge on any atom is -0.493 e. The lowest BCUT2D eigenvalue weighted by molar-refractivity contribution is -0.131. The number of pyridine rings is 1. The van der Waals surface area contributed by atoms with Crippen molar-refractivity contribution in [3.05, 3.63) is 54.0 Å². The van der Waals surface area contributed by atoms with Gasteiger partial charge in [-0.1, -0.05) is 0 Å². The van der Waals surface area contributed by atoms with E-state index in [9.17, 15) is 4.79 Å². The predicted molar refractivity (Wildman–Crippen MR) is 101 cm³/mol. The summed E-state index contributed by atoms with van der Waals surface area (Å²) < 4.78 is 7.05. The number of hydrogen-bond acceptors (Lipinski definition) is 6. The Morgan fingerprint density at radius 3 is 3.11 bits per heavy atom. The molecule has 1 aromatic carbocycles. The van der Waals surface area contributed by atoms with E-state index < -0.39 is 0 Å². The second-order valence-electron chi connectivity index (χ2n) is 7.23. The summed E-state index contributed by atoms with van der Waals surface area (Å²) in [6, 6.07) is 10.5. The number of carbonyl (C=O) groups excluding carboxylic acids is 1. The van der Waals surface area contributed by atoms with Crippen LogP contribution in [0.1, 0.15) is 23.5 Å². The lowest BCUT2D eigenvalue weighted by Crippen LogP contribution is -2.31. The van der Waals surface area contributed by atoms with Gasteiger partial charge in [0.2, 0.25) is 5.91 Å². The van der Waals surface area contributed by atoms with E-state index in [1.807, 2.05) is 17.2 Å². The van der Waals surface area contributed by atoms with Crippen molar-refractivity contribution in [1.29, 1.82) is 0 Å². The lowest BCUT2D eigenvalue weighted by Gasteiger charge is -2.16. The van der Waals surface area contributed by atoms with Gasteiger partial charge in [0.05, 0.1) is 12.3 Å². The van der Waals surface area contributed by atoms with Gasteiger partial charge in [-0.15, -0.1) is 5.10 Å². The van der Waals surface area contributed by atoms with Crippen LogP contribution in [0, 0.1) is 0 Å². The summed E-state index contributed by atoms with van der Waals surface area (Å²) >= 11 is 0. The van der Waals surface area contributed by atoms with Gasteiger partial charge in [-0.3, -0.25) is 9.78 Å². The molecule has 2 aliphatic rings. The lowest BCUT2D eigenvalue weighted by atomic mass is 9.97. The van der Waals surface area contributed by atoms with Gasteiger partial charge < -0.3 is 9.64 Å². The van der Waals surface area contributed by atoms with Gasteiger partial charge in [0.15, 0.2) is 0 Å². The van der Waals surface area contributed by atoms with Crippen molar-refractivity contribution in [3.63, 3.8) is 0 Å². The highest BCUT2D eigenvalue weighted by Crippen LogP contribution is 2.32. The quantitative estimate of drug-likeness (QED) is 0.689. The van der Waals surface area contributed by atoms with Crippen LogP contribution in [0.15, 0.2) is 42.9 Å². The maximum Gasteiger partial charge on any atom is 0.244 e. The van der Waals surface area contributed by atoms with Crippen LogP contribution in [0.25, 0.3) is 11.3 Å². The highest BCUT2D eigenvalue weighted by Gasteiger charge is 2.28. The highest BCUT2D eigenvalue weighted by molar-refractivity contribution is 5.76. The Labute approximate surface area is 162 Å². The maximum atomic E-state index is 12.5. The largest absolute Gasteiger partial charge is 0.493 e. The smallest absolute Gasteiger partial charge is 0.244 e. The number of benzene rings is 1. The number of aromatic nitrogens is 5. The number of hydrogen-bond donors (Lipinski definition) is 0. The van der Waals surface area contributed by atoms with E-state index in [-0.39, 0.29) is 12.5 Å². The van der Waals surface area contributed by atoms with E-state index in [0.29, 0.717) is 12.5 Å². The van der Waals surface area contributed by atoms with E-state index in [0.717, 1.165) is 43.0 Å². The third-order valence-electron chi connectivity index (χ3n) is 5.47. The Bertz CT molecular complexity index is 1000. The molecule has 0 spiro atoms. The summed E-state index contributed by atoms with van der Waals surface area (Å²) in [6.07, 6.45) is 5.22. The molecule has 142 valence electrons. The van der Waals surface area contributed by atoms with E-state index in [1.54, 1.807) is 0 Å². The zero-order valence-electron chi connectivity index (χ0n) is 15.4.